The van der Waals surface area contributed by atoms with Gasteiger partial charge in [-0.25, -0.2) is 0 Å². The predicted octanol–water partition coefficient (Wildman–Crippen LogP) is 0.776. The van der Waals surface area contributed by atoms with Crippen molar-refractivity contribution in [2.24, 2.45) is 5.92 Å². The van der Waals surface area contributed by atoms with Crippen LogP contribution in [0.1, 0.15) is 26.2 Å². The summed E-state index contributed by atoms with van der Waals surface area (Å²) in [5.41, 5.74) is 0. The topological polar surface area (TPSA) is 40.6 Å². The molecular weight excluding hydrogens is 236 g/mol. The molecule has 0 aromatic heterocycles. The summed E-state index contributed by atoms with van der Waals surface area (Å²) in [5, 5.41) is 0. The third-order valence-electron chi connectivity index (χ3n) is 3.81. The van der Waals surface area contributed by atoms with Crippen LogP contribution in [-0.4, -0.2) is 53.0 Å². The lowest BCUT2D eigenvalue weighted by atomic mass is 10.1. The average molecular weight is 256 g/mol. The minimum Gasteiger partial charge on any atom is -0.331 e. The molecule has 17 heavy (non-hydrogen) atoms. The zero-order chi connectivity index (χ0) is 12.4. The summed E-state index contributed by atoms with van der Waals surface area (Å²) < 4.78 is 0. The Labute approximate surface area is 108 Å². The van der Waals surface area contributed by atoms with Crippen LogP contribution in [0.2, 0.25) is 0 Å². The van der Waals surface area contributed by atoms with E-state index in [4.69, 9.17) is 0 Å². The summed E-state index contributed by atoms with van der Waals surface area (Å²) in [5.74, 6) is 1.41. The molecule has 96 valence electrons. The van der Waals surface area contributed by atoms with Crippen molar-refractivity contribution in [1.82, 2.24) is 9.80 Å². The number of nitrogens with zero attached hydrogens (tertiary/aromatic N) is 2. The monoisotopic (exact) mass is 256 g/mol. The summed E-state index contributed by atoms with van der Waals surface area (Å²) in [6.45, 7) is 3.79. The Morgan fingerprint density at radius 2 is 2.24 bits per heavy atom. The molecule has 2 aliphatic heterocycles. The highest BCUT2D eigenvalue weighted by molar-refractivity contribution is 7.80. The number of thiol groups is 1. The SMILES string of the molecule is CCC(CS)CN1CC(=O)N2CCCC2C1=O. The largest absolute Gasteiger partial charge is 0.331 e. The maximum absolute atomic E-state index is 12.2. The van der Waals surface area contributed by atoms with Crippen molar-refractivity contribution in [2.75, 3.05) is 25.4 Å². The van der Waals surface area contributed by atoms with Gasteiger partial charge < -0.3 is 9.80 Å². The molecule has 4 nitrogen and oxygen atoms in total. The van der Waals surface area contributed by atoms with Crippen molar-refractivity contribution in [2.45, 2.75) is 32.2 Å². The summed E-state index contributed by atoms with van der Waals surface area (Å²) >= 11 is 4.29. The van der Waals surface area contributed by atoms with E-state index in [9.17, 15) is 9.59 Å². The van der Waals surface area contributed by atoms with E-state index in [-0.39, 0.29) is 24.4 Å². The van der Waals surface area contributed by atoms with Gasteiger partial charge in [0, 0.05) is 13.1 Å². The normalized spacial score (nSPS) is 26.4. The third kappa shape index (κ3) is 2.44. The summed E-state index contributed by atoms with van der Waals surface area (Å²) in [4.78, 5) is 27.6. The van der Waals surface area contributed by atoms with E-state index < -0.39 is 0 Å². The van der Waals surface area contributed by atoms with E-state index in [0.29, 0.717) is 12.5 Å². The van der Waals surface area contributed by atoms with E-state index in [1.54, 1.807) is 9.80 Å². The van der Waals surface area contributed by atoms with E-state index >= 15 is 0 Å². The van der Waals surface area contributed by atoms with Gasteiger partial charge in [0.15, 0.2) is 0 Å². The standard InChI is InChI=1S/C12H20N2O2S/c1-2-9(8-17)6-13-7-11(15)14-5-3-4-10(14)12(13)16/h9-10,17H,2-8H2,1H3. The first-order chi connectivity index (χ1) is 8.17. The minimum absolute atomic E-state index is 0.112. The Balaban J connectivity index is 2.04. The van der Waals surface area contributed by atoms with Crippen molar-refractivity contribution in [3.8, 4) is 0 Å². The molecular formula is C12H20N2O2S. The molecule has 2 fully saturated rings. The summed E-state index contributed by atoms with van der Waals surface area (Å²) in [6, 6.07) is -0.173. The highest BCUT2D eigenvalue weighted by atomic mass is 32.1. The van der Waals surface area contributed by atoms with Gasteiger partial charge in [-0.2, -0.15) is 12.6 Å². The average Bonchev–Trinajstić information content (AvgIpc) is 2.81. The fourth-order valence-corrected chi connectivity index (χ4v) is 3.02. The second-order valence-corrected chi connectivity index (χ2v) is 5.29. The lowest BCUT2D eigenvalue weighted by Gasteiger charge is -2.37. The molecule has 2 atom stereocenters. The van der Waals surface area contributed by atoms with Crippen LogP contribution < -0.4 is 0 Å². The van der Waals surface area contributed by atoms with Crippen LogP contribution in [0.25, 0.3) is 0 Å². The number of hydrogen-bond acceptors (Lipinski definition) is 3. The van der Waals surface area contributed by atoms with Gasteiger partial charge in [-0.3, -0.25) is 9.59 Å². The molecule has 0 N–H and O–H groups in total. The Morgan fingerprint density at radius 3 is 2.88 bits per heavy atom. The number of hydrogen-bond donors (Lipinski definition) is 1. The van der Waals surface area contributed by atoms with Crippen LogP contribution in [0, 0.1) is 5.92 Å². The van der Waals surface area contributed by atoms with Crippen LogP contribution in [0.4, 0.5) is 0 Å². The number of amides is 2. The summed E-state index contributed by atoms with van der Waals surface area (Å²) in [6.07, 6.45) is 2.79. The van der Waals surface area contributed by atoms with Crippen LogP contribution in [0.5, 0.6) is 0 Å². The van der Waals surface area contributed by atoms with Gasteiger partial charge in [0.2, 0.25) is 11.8 Å². The molecule has 2 unspecified atom stereocenters. The first-order valence-corrected chi connectivity index (χ1v) is 6.99. The Hall–Kier alpha value is -0.710. The molecule has 2 saturated heterocycles. The van der Waals surface area contributed by atoms with Crippen molar-refractivity contribution in [1.29, 1.82) is 0 Å². The lowest BCUT2D eigenvalue weighted by Crippen LogP contribution is -2.58. The third-order valence-corrected chi connectivity index (χ3v) is 4.33. The zero-order valence-electron chi connectivity index (χ0n) is 10.3. The van der Waals surface area contributed by atoms with Gasteiger partial charge in [-0.05, 0) is 24.5 Å². The molecule has 2 aliphatic rings. The van der Waals surface area contributed by atoms with Crippen molar-refractivity contribution >= 4 is 24.4 Å². The molecule has 2 amide bonds. The van der Waals surface area contributed by atoms with Crippen LogP contribution in [0.15, 0.2) is 0 Å². The molecule has 5 heteroatoms. The highest BCUT2D eigenvalue weighted by Gasteiger charge is 2.41. The second-order valence-electron chi connectivity index (χ2n) is 4.92. The van der Waals surface area contributed by atoms with E-state index in [0.717, 1.165) is 31.6 Å². The molecule has 0 bridgehead atoms. The number of piperazine rings is 1. The zero-order valence-corrected chi connectivity index (χ0v) is 11.2. The summed E-state index contributed by atoms with van der Waals surface area (Å²) in [7, 11) is 0. The van der Waals surface area contributed by atoms with Gasteiger partial charge in [0.25, 0.3) is 0 Å². The Morgan fingerprint density at radius 1 is 1.47 bits per heavy atom. The fourth-order valence-electron chi connectivity index (χ4n) is 2.65. The number of carbonyl (C=O) groups is 2. The lowest BCUT2D eigenvalue weighted by molar-refractivity contribution is -0.154. The molecule has 2 heterocycles. The van der Waals surface area contributed by atoms with E-state index in [1.807, 2.05) is 0 Å². The van der Waals surface area contributed by atoms with Gasteiger partial charge in [0.05, 0.1) is 6.54 Å². The highest BCUT2D eigenvalue weighted by Crippen LogP contribution is 2.24. The van der Waals surface area contributed by atoms with Gasteiger partial charge in [0.1, 0.15) is 6.04 Å². The van der Waals surface area contributed by atoms with Gasteiger partial charge >= 0.3 is 0 Å². The smallest absolute Gasteiger partial charge is 0.245 e. The van der Waals surface area contributed by atoms with Gasteiger partial charge in [-0.15, -0.1) is 0 Å². The Bertz CT molecular complexity index is 318. The first-order valence-electron chi connectivity index (χ1n) is 6.36. The van der Waals surface area contributed by atoms with E-state index in [1.165, 1.54) is 0 Å². The van der Waals surface area contributed by atoms with Crippen LogP contribution in [0.3, 0.4) is 0 Å². The molecule has 2 rings (SSSR count). The maximum Gasteiger partial charge on any atom is 0.245 e. The van der Waals surface area contributed by atoms with Crippen molar-refractivity contribution in [3.05, 3.63) is 0 Å². The van der Waals surface area contributed by atoms with Crippen molar-refractivity contribution in [3.63, 3.8) is 0 Å². The number of fused-ring (bicyclic) bond motifs is 1. The molecule has 0 saturated carbocycles. The molecule has 0 radical (unpaired) electrons. The predicted molar refractivity (Wildman–Crippen MR) is 68.9 cm³/mol. The van der Waals surface area contributed by atoms with Gasteiger partial charge in [-0.1, -0.05) is 13.3 Å². The first kappa shape index (κ1) is 12.7. The molecule has 0 aromatic rings. The maximum atomic E-state index is 12.2. The number of rotatable bonds is 4. The number of carbonyl (C=O) groups excluding carboxylic acids is 2. The Kier molecular flexibility index (Phi) is 3.97. The van der Waals surface area contributed by atoms with Crippen molar-refractivity contribution < 1.29 is 9.59 Å². The minimum atomic E-state index is -0.173. The second kappa shape index (κ2) is 5.29. The fraction of sp³-hybridized carbons (Fsp3) is 0.833. The molecule has 0 spiro atoms. The van der Waals surface area contributed by atoms with Crippen LogP contribution >= 0.6 is 12.6 Å². The van der Waals surface area contributed by atoms with E-state index in [2.05, 4.69) is 19.6 Å². The molecule has 0 aromatic carbocycles. The van der Waals surface area contributed by atoms with Crippen LogP contribution in [-0.2, 0) is 9.59 Å². The molecule has 0 aliphatic carbocycles. The quantitative estimate of drug-likeness (QED) is 0.755.